The highest BCUT2D eigenvalue weighted by atomic mass is 19.1. The van der Waals surface area contributed by atoms with Crippen molar-refractivity contribution < 1.29 is 23.5 Å². The molecule has 0 amide bonds. The third kappa shape index (κ3) is 8.07. The van der Waals surface area contributed by atoms with Crippen LogP contribution in [0.1, 0.15) is 91.8 Å². The smallest absolute Gasteiger partial charge is 0.168 e. The van der Waals surface area contributed by atoms with Gasteiger partial charge < -0.3 is 20.3 Å². The quantitative estimate of drug-likeness (QED) is 0.128. The van der Waals surface area contributed by atoms with Crippen LogP contribution in [0.4, 0.5) is 10.1 Å². The van der Waals surface area contributed by atoms with E-state index in [1.165, 1.54) is 7.11 Å². The molecule has 3 aliphatic rings. The van der Waals surface area contributed by atoms with Crippen molar-refractivity contribution in [3.63, 3.8) is 0 Å². The van der Waals surface area contributed by atoms with E-state index in [9.17, 15) is 18.8 Å². The highest BCUT2D eigenvalue weighted by Crippen LogP contribution is 2.38. The van der Waals surface area contributed by atoms with E-state index in [1.807, 2.05) is 31.2 Å². The second kappa shape index (κ2) is 16.0. The van der Waals surface area contributed by atoms with Gasteiger partial charge in [-0.2, -0.15) is 0 Å². The van der Waals surface area contributed by atoms with Crippen molar-refractivity contribution >= 4 is 34.8 Å². The summed E-state index contributed by atoms with van der Waals surface area (Å²) >= 11 is 0. The van der Waals surface area contributed by atoms with Gasteiger partial charge in [-0.1, -0.05) is 55.9 Å². The molecule has 0 bridgehead atoms. The van der Waals surface area contributed by atoms with E-state index >= 15 is 0 Å². The second-order valence-corrected chi connectivity index (χ2v) is 13.0. The third-order valence-electron chi connectivity index (χ3n) is 9.77. The van der Waals surface area contributed by atoms with Crippen LogP contribution in [0, 0.1) is 30.0 Å². The summed E-state index contributed by atoms with van der Waals surface area (Å²) in [5.74, 6) is -0.130. The summed E-state index contributed by atoms with van der Waals surface area (Å²) in [5, 5.41) is 12.0. The van der Waals surface area contributed by atoms with Crippen LogP contribution in [-0.2, 0) is 16.0 Å². The van der Waals surface area contributed by atoms with Crippen LogP contribution in [0.15, 0.2) is 83.6 Å². The minimum Gasteiger partial charge on any atom is -0.494 e. The topological polar surface area (TPSA) is 96.3 Å². The van der Waals surface area contributed by atoms with Crippen molar-refractivity contribution in [1.29, 1.82) is 5.41 Å². The molecule has 1 saturated carbocycles. The summed E-state index contributed by atoms with van der Waals surface area (Å²) in [5.41, 5.74) is 8.03. The number of aryl methyl sites for hydroxylation is 1. The van der Waals surface area contributed by atoms with Crippen LogP contribution in [0.2, 0.25) is 0 Å². The Hall–Kier alpha value is -4.65. The lowest BCUT2D eigenvalue weighted by molar-refractivity contribution is -0.123. The van der Waals surface area contributed by atoms with E-state index in [-0.39, 0.29) is 53.5 Å². The summed E-state index contributed by atoms with van der Waals surface area (Å²) in [6.45, 7) is 3.78. The van der Waals surface area contributed by atoms with Gasteiger partial charge in [0.25, 0.3) is 0 Å². The van der Waals surface area contributed by atoms with Gasteiger partial charge in [0, 0.05) is 53.4 Å². The highest BCUT2D eigenvalue weighted by Gasteiger charge is 2.28. The molecule has 2 aromatic carbocycles. The zero-order valence-electron chi connectivity index (χ0n) is 28.2. The summed E-state index contributed by atoms with van der Waals surface area (Å²) in [6.07, 6.45) is 19.3. The molecule has 3 aliphatic carbocycles. The van der Waals surface area contributed by atoms with Gasteiger partial charge in [0.2, 0.25) is 0 Å². The average molecular weight is 649 g/mol. The van der Waals surface area contributed by atoms with Crippen molar-refractivity contribution in [2.75, 3.05) is 12.4 Å². The number of fused-ring (bicyclic) bond motifs is 1. The Labute approximate surface area is 283 Å². The monoisotopic (exact) mass is 648 g/mol. The van der Waals surface area contributed by atoms with Gasteiger partial charge in [-0.25, -0.2) is 4.39 Å². The molecule has 48 heavy (non-hydrogen) atoms. The fourth-order valence-corrected chi connectivity index (χ4v) is 7.12. The van der Waals surface area contributed by atoms with Gasteiger partial charge in [-0.05, 0) is 103 Å². The molecule has 0 aliphatic heterocycles. The number of halogens is 1. The van der Waals surface area contributed by atoms with Crippen molar-refractivity contribution in [2.24, 2.45) is 11.8 Å². The van der Waals surface area contributed by atoms with Gasteiger partial charge in [-0.15, -0.1) is 0 Å². The molecule has 250 valence electrons. The first-order chi connectivity index (χ1) is 23.2. The van der Waals surface area contributed by atoms with Crippen molar-refractivity contribution in [3.8, 4) is 5.75 Å². The van der Waals surface area contributed by atoms with Crippen LogP contribution in [0.3, 0.4) is 0 Å². The fraction of sp³-hybridized carbons (Fsp3) is 0.366. The molecule has 6 nitrogen and oxygen atoms in total. The number of Topliss-reactive ketones (excluding diaryl/α,β-unsaturated/α-hetero) is 2. The van der Waals surface area contributed by atoms with Crippen LogP contribution < -0.4 is 10.1 Å². The van der Waals surface area contributed by atoms with Crippen LogP contribution in [-0.4, -0.2) is 30.7 Å². The Morgan fingerprint density at radius 3 is 2.69 bits per heavy atom. The first-order valence-electron chi connectivity index (χ1n) is 17.0. The van der Waals surface area contributed by atoms with E-state index in [0.29, 0.717) is 36.8 Å². The van der Waals surface area contributed by atoms with Crippen molar-refractivity contribution in [2.45, 2.75) is 78.1 Å². The van der Waals surface area contributed by atoms with Crippen LogP contribution in [0.25, 0.3) is 5.57 Å². The Morgan fingerprint density at radius 1 is 1.08 bits per heavy atom. The fourth-order valence-electron chi connectivity index (χ4n) is 7.12. The molecule has 0 aromatic heterocycles. The van der Waals surface area contributed by atoms with E-state index in [2.05, 4.69) is 41.8 Å². The minimum atomic E-state index is -0.344. The predicted octanol–water partition coefficient (Wildman–Crippen LogP) is 9.25. The maximum atomic E-state index is 14.9. The highest BCUT2D eigenvalue weighted by molar-refractivity contribution is 6.14. The maximum absolute atomic E-state index is 14.9. The number of rotatable bonds is 13. The molecule has 2 N–H and O–H groups in total. The van der Waals surface area contributed by atoms with E-state index in [0.717, 1.165) is 71.2 Å². The molecule has 1 fully saturated rings. The summed E-state index contributed by atoms with van der Waals surface area (Å²) in [4.78, 5) is 37.2. The number of nitrogens with one attached hydrogen (secondary N) is 2. The lowest BCUT2D eigenvalue weighted by Gasteiger charge is -2.27. The molecule has 2 atom stereocenters. The summed E-state index contributed by atoms with van der Waals surface area (Å²) in [6, 6.07) is 9.28. The Balaban J connectivity index is 1.29. The normalized spacial score (nSPS) is 21.8. The number of hydrogen-bond donors (Lipinski definition) is 2. The molecule has 7 heteroatoms. The second-order valence-electron chi connectivity index (χ2n) is 13.0. The first kappa shape index (κ1) is 34.7. The number of ether oxygens (including phenoxy) is 1. The van der Waals surface area contributed by atoms with Crippen LogP contribution in [0.5, 0.6) is 5.75 Å². The van der Waals surface area contributed by atoms with Gasteiger partial charge in [-0.3, -0.25) is 9.59 Å². The third-order valence-corrected chi connectivity index (χ3v) is 9.77. The number of benzene rings is 2. The molecule has 0 spiro atoms. The molecule has 0 heterocycles. The van der Waals surface area contributed by atoms with Gasteiger partial charge >= 0.3 is 0 Å². The number of aldehydes is 1. The Bertz CT molecular complexity index is 1760. The maximum Gasteiger partial charge on any atom is 0.168 e. The zero-order valence-corrected chi connectivity index (χ0v) is 28.2. The minimum absolute atomic E-state index is 0.0119. The van der Waals surface area contributed by atoms with Gasteiger partial charge in [0.05, 0.1) is 7.11 Å². The van der Waals surface area contributed by atoms with E-state index in [1.54, 1.807) is 13.0 Å². The largest absolute Gasteiger partial charge is 0.494 e. The molecular weight excluding hydrogens is 603 g/mol. The number of ketones is 2. The number of anilines is 1. The van der Waals surface area contributed by atoms with Gasteiger partial charge in [0.1, 0.15) is 12.1 Å². The Kier molecular flexibility index (Phi) is 11.5. The van der Waals surface area contributed by atoms with Gasteiger partial charge in [0.15, 0.2) is 17.3 Å². The lowest BCUT2D eigenvalue weighted by atomic mass is 9.77. The molecule has 0 radical (unpaired) electrons. The van der Waals surface area contributed by atoms with E-state index < -0.39 is 0 Å². The average Bonchev–Trinajstić information content (AvgIpc) is 3.07. The number of carbonyl (C=O) groups excluding carboxylic acids is 3. The zero-order chi connectivity index (χ0) is 34.2. The molecule has 1 unspecified atom stereocenters. The number of carbonyl (C=O) groups is 3. The number of methoxy groups -OCH3 is 1. The molecular formula is C41H45FN2O4. The summed E-state index contributed by atoms with van der Waals surface area (Å²) < 4.78 is 20.0. The molecule has 2 aromatic rings. The molecule has 0 saturated heterocycles. The standard InChI is InChI=1S/C41H45FN2O4/c1-4-28-23-33(14-16-36(28)39(47)25-32(43)24-38(46)31-11-8-9-27(21-31)19-20-45)44-37-12-7-5-6-10-29-22-30(13-15-35(29)37)34-17-18-40(48-3)41(42)26(34)2/h5-6,10,12-18,20,23,27,31,43-44H,4,7-9,11,19,21-22,24-25H2,1-3H3/b6-5-,29-10-,37-12-,43-32?/t27-,31?/m1/s1. The Morgan fingerprint density at radius 2 is 1.92 bits per heavy atom. The van der Waals surface area contributed by atoms with Crippen molar-refractivity contribution in [3.05, 3.63) is 112 Å². The van der Waals surface area contributed by atoms with Crippen molar-refractivity contribution in [1.82, 2.24) is 0 Å². The SMILES string of the molecule is CCc1cc(N/C2=C\C/C=C\C=C3\CC(c4ccc(OC)c(F)c4C)=CC=C32)ccc1C(=O)CC(=N)CC(=O)C1CCC[C@H](CC=O)C1. The molecule has 5 rings (SSSR count). The van der Waals surface area contributed by atoms with Crippen LogP contribution >= 0.6 is 0 Å². The first-order valence-corrected chi connectivity index (χ1v) is 17.0. The summed E-state index contributed by atoms with van der Waals surface area (Å²) in [7, 11) is 1.47. The number of hydrogen-bond acceptors (Lipinski definition) is 6. The van der Waals surface area contributed by atoms with E-state index in [4.69, 9.17) is 10.1 Å². The lowest BCUT2D eigenvalue weighted by Crippen LogP contribution is -2.25. The number of allylic oxidation sites excluding steroid dienone is 8. The predicted molar refractivity (Wildman–Crippen MR) is 190 cm³/mol.